The van der Waals surface area contributed by atoms with E-state index in [1.165, 1.54) is 24.4 Å². The maximum atomic E-state index is 5.07. The highest BCUT2D eigenvalue weighted by Crippen LogP contribution is 2.21. The number of hydrogen-bond acceptors (Lipinski definition) is 2. The fraction of sp³-hybridized carbons (Fsp3) is 0.727. The van der Waals surface area contributed by atoms with E-state index in [-0.39, 0.29) is 0 Å². The van der Waals surface area contributed by atoms with Crippen molar-refractivity contribution in [3.63, 3.8) is 0 Å². The van der Waals surface area contributed by atoms with Gasteiger partial charge in [-0.25, -0.2) is 4.98 Å². The van der Waals surface area contributed by atoms with Crippen LogP contribution in [-0.2, 0) is 24.1 Å². The van der Waals surface area contributed by atoms with E-state index in [0.29, 0.717) is 0 Å². The minimum atomic E-state index is 0.770. The highest BCUT2D eigenvalue weighted by Gasteiger charge is 2.17. The lowest BCUT2D eigenvalue weighted by Gasteiger charge is -2.21. The molecule has 0 saturated carbocycles. The third kappa shape index (κ3) is 1.82. The van der Waals surface area contributed by atoms with Gasteiger partial charge in [0.15, 0.2) is 0 Å². The van der Waals surface area contributed by atoms with Crippen molar-refractivity contribution in [2.24, 2.45) is 5.92 Å². The smallest absolute Gasteiger partial charge is 0.111 e. The molecule has 0 spiro atoms. The van der Waals surface area contributed by atoms with Crippen LogP contribution in [0.2, 0.25) is 0 Å². The van der Waals surface area contributed by atoms with E-state index in [2.05, 4.69) is 16.5 Å². The first kappa shape index (κ1) is 9.71. The monoisotopic (exact) mass is 194 g/mol. The van der Waals surface area contributed by atoms with Crippen LogP contribution in [0.4, 0.5) is 0 Å². The molecule has 1 aromatic heterocycles. The number of ether oxygens (including phenoxy) is 1. The standard InChI is InChI=1S/C11H18N2O/c1-9-3-5-13-10(7-9)8-12-11(13)4-6-14-2/h8-9H,3-7H2,1-2H3. The van der Waals surface area contributed by atoms with Crippen molar-refractivity contribution in [2.75, 3.05) is 13.7 Å². The molecule has 1 atom stereocenters. The molecular formula is C11H18N2O. The Hall–Kier alpha value is -0.830. The van der Waals surface area contributed by atoms with Crippen LogP contribution in [0.3, 0.4) is 0 Å². The van der Waals surface area contributed by atoms with Crippen LogP contribution >= 0.6 is 0 Å². The maximum Gasteiger partial charge on any atom is 0.111 e. The summed E-state index contributed by atoms with van der Waals surface area (Å²) in [5, 5.41) is 0. The van der Waals surface area contributed by atoms with Crippen LogP contribution in [0.15, 0.2) is 6.20 Å². The quantitative estimate of drug-likeness (QED) is 0.731. The summed E-state index contributed by atoms with van der Waals surface area (Å²) in [4.78, 5) is 4.45. The van der Waals surface area contributed by atoms with E-state index < -0.39 is 0 Å². The minimum Gasteiger partial charge on any atom is -0.384 e. The molecular weight excluding hydrogens is 176 g/mol. The molecule has 78 valence electrons. The zero-order valence-electron chi connectivity index (χ0n) is 8.99. The highest BCUT2D eigenvalue weighted by atomic mass is 16.5. The summed E-state index contributed by atoms with van der Waals surface area (Å²) in [7, 11) is 1.74. The van der Waals surface area contributed by atoms with E-state index in [4.69, 9.17) is 4.74 Å². The molecule has 0 N–H and O–H groups in total. The molecule has 2 rings (SSSR count). The number of methoxy groups -OCH3 is 1. The predicted molar refractivity (Wildman–Crippen MR) is 55.3 cm³/mol. The fourth-order valence-electron chi connectivity index (χ4n) is 2.09. The van der Waals surface area contributed by atoms with Gasteiger partial charge >= 0.3 is 0 Å². The second-order valence-electron chi connectivity index (χ2n) is 4.16. The predicted octanol–water partition coefficient (Wildman–Crippen LogP) is 1.65. The first-order valence-electron chi connectivity index (χ1n) is 5.33. The van der Waals surface area contributed by atoms with Crippen molar-refractivity contribution < 1.29 is 4.74 Å². The van der Waals surface area contributed by atoms with E-state index in [1.54, 1.807) is 7.11 Å². The van der Waals surface area contributed by atoms with Crippen molar-refractivity contribution in [3.05, 3.63) is 17.7 Å². The van der Waals surface area contributed by atoms with Gasteiger partial charge in [0, 0.05) is 32.0 Å². The van der Waals surface area contributed by atoms with Crippen molar-refractivity contribution in [3.8, 4) is 0 Å². The normalized spacial score (nSPS) is 20.9. The number of aromatic nitrogens is 2. The topological polar surface area (TPSA) is 27.1 Å². The van der Waals surface area contributed by atoms with Gasteiger partial charge in [-0.2, -0.15) is 0 Å². The van der Waals surface area contributed by atoms with Gasteiger partial charge in [0.2, 0.25) is 0 Å². The zero-order valence-corrected chi connectivity index (χ0v) is 8.99. The SMILES string of the molecule is COCCc1ncc2n1CCC(C)C2. The van der Waals surface area contributed by atoms with Gasteiger partial charge in [0.05, 0.1) is 6.61 Å². The molecule has 0 fully saturated rings. The Bertz CT molecular complexity index is 306. The Kier molecular flexibility index (Phi) is 2.87. The van der Waals surface area contributed by atoms with Crippen LogP contribution < -0.4 is 0 Å². The lowest BCUT2D eigenvalue weighted by Crippen LogP contribution is -2.18. The number of fused-ring (bicyclic) bond motifs is 1. The van der Waals surface area contributed by atoms with Crippen molar-refractivity contribution >= 4 is 0 Å². The Labute approximate surface area is 85.1 Å². The molecule has 0 bridgehead atoms. The van der Waals surface area contributed by atoms with Crippen LogP contribution in [0.1, 0.15) is 24.9 Å². The fourth-order valence-corrected chi connectivity index (χ4v) is 2.09. The number of hydrogen-bond donors (Lipinski definition) is 0. The molecule has 1 aromatic rings. The highest BCUT2D eigenvalue weighted by molar-refractivity contribution is 5.09. The number of nitrogens with zero attached hydrogens (tertiary/aromatic N) is 2. The van der Waals surface area contributed by atoms with E-state index >= 15 is 0 Å². The van der Waals surface area contributed by atoms with Crippen molar-refractivity contribution in [2.45, 2.75) is 32.7 Å². The van der Waals surface area contributed by atoms with Crippen LogP contribution in [0.25, 0.3) is 0 Å². The zero-order chi connectivity index (χ0) is 9.97. The van der Waals surface area contributed by atoms with Gasteiger partial charge in [-0.05, 0) is 18.8 Å². The molecule has 14 heavy (non-hydrogen) atoms. The van der Waals surface area contributed by atoms with E-state index in [1.807, 2.05) is 6.20 Å². The largest absolute Gasteiger partial charge is 0.384 e. The second kappa shape index (κ2) is 4.13. The Balaban J connectivity index is 2.12. The number of rotatable bonds is 3. The van der Waals surface area contributed by atoms with E-state index in [9.17, 15) is 0 Å². The maximum absolute atomic E-state index is 5.07. The van der Waals surface area contributed by atoms with Crippen LogP contribution in [0, 0.1) is 5.92 Å². The lowest BCUT2D eigenvalue weighted by atomic mass is 9.99. The third-order valence-electron chi connectivity index (χ3n) is 2.95. The molecule has 1 aliphatic heterocycles. The molecule has 3 heteroatoms. The van der Waals surface area contributed by atoms with Gasteiger partial charge in [-0.15, -0.1) is 0 Å². The summed E-state index contributed by atoms with van der Waals surface area (Å²) < 4.78 is 7.43. The average Bonchev–Trinajstić information content (AvgIpc) is 2.57. The second-order valence-corrected chi connectivity index (χ2v) is 4.16. The Morgan fingerprint density at radius 3 is 3.29 bits per heavy atom. The minimum absolute atomic E-state index is 0.770. The average molecular weight is 194 g/mol. The molecule has 0 radical (unpaired) electrons. The Morgan fingerprint density at radius 2 is 2.50 bits per heavy atom. The molecule has 0 saturated heterocycles. The van der Waals surface area contributed by atoms with Crippen molar-refractivity contribution in [1.29, 1.82) is 0 Å². The van der Waals surface area contributed by atoms with Crippen LogP contribution in [-0.4, -0.2) is 23.3 Å². The summed E-state index contributed by atoms with van der Waals surface area (Å²) in [5.74, 6) is 2.00. The van der Waals surface area contributed by atoms with Crippen molar-refractivity contribution in [1.82, 2.24) is 9.55 Å². The van der Waals surface area contributed by atoms with Gasteiger partial charge in [0.25, 0.3) is 0 Å². The molecule has 0 amide bonds. The first-order valence-corrected chi connectivity index (χ1v) is 5.33. The summed E-state index contributed by atoms with van der Waals surface area (Å²) in [5.41, 5.74) is 1.40. The number of imidazole rings is 1. The summed E-state index contributed by atoms with van der Waals surface area (Å²) in [6.45, 7) is 4.22. The van der Waals surface area contributed by atoms with Crippen LogP contribution in [0.5, 0.6) is 0 Å². The molecule has 1 unspecified atom stereocenters. The van der Waals surface area contributed by atoms with Gasteiger partial charge in [-0.1, -0.05) is 6.92 Å². The Morgan fingerprint density at radius 1 is 1.64 bits per heavy atom. The van der Waals surface area contributed by atoms with E-state index in [0.717, 1.165) is 25.5 Å². The summed E-state index contributed by atoms with van der Waals surface area (Å²) in [6.07, 6.45) is 5.43. The summed E-state index contributed by atoms with van der Waals surface area (Å²) >= 11 is 0. The van der Waals surface area contributed by atoms with Gasteiger partial charge in [0.1, 0.15) is 5.82 Å². The summed E-state index contributed by atoms with van der Waals surface area (Å²) in [6, 6.07) is 0. The first-order chi connectivity index (χ1) is 6.81. The van der Waals surface area contributed by atoms with Gasteiger partial charge < -0.3 is 9.30 Å². The van der Waals surface area contributed by atoms with Gasteiger partial charge in [-0.3, -0.25) is 0 Å². The third-order valence-corrected chi connectivity index (χ3v) is 2.95. The molecule has 1 aliphatic rings. The molecule has 0 aliphatic carbocycles. The molecule has 2 heterocycles. The molecule has 0 aromatic carbocycles. The lowest BCUT2D eigenvalue weighted by molar-refractivity contribution is 0.199. The molecule has 3 nitrogen and oxygen atoms in total.